The molecule has 0 bridgehead atoms. The molecule has 0 radical (unpaired) electrons. The molecule has 0 aliphatic heterocycles. The third-order valence-electron chi connectivity index (χ3n) is 4.09. The summed E-state index contributed by atoms with van der Waals surface area (Å²) in [5, 5.41) is 2.78. The maximum Gasteiger partial charge on any atom is 0.310 e. The monoisotopic (exact) mass is 396 g/mol. The number of nitrogens with one attached hydrogen (secondary N) is 1. The van der Waals surface area contributed by atoms with Gasteiger partial charge in [-0.05, 0) is 37.5 Å². The van der Waals surface area contributed by atoms with Gasteiger partial charge in [0.2, 0.25) is 5.91 Å². The van der Waals surface area contributed by atoms with E-state index in [1.54, 1.807) is 0 Å². The Hall–Kier alpha value is -3.15. The highest BCUT2D eigenvalue weighted by Gasteiger charge is 2.18. The number of likely N-dealkylation sites (N-methyl/N-ethyl adjacent to an activating group) is 1. The lowest BCUT2D eigenvalue weighted by Gasteiger charge is -2.23. The number of hydrogen-bond acceptors (Lipinski definition) is 4. The minimum atomic E-state index is -0.488. The zero-order chi connectivity index (χ0) is 21.4. The Morgan fingerprint density at radius 2 is 1.52 bits per heavy atom. The van der Waals surface area contributed by atoms with Crippen LogP contribution in [0.3, 0.4) is 0 Å². The minimum Gasteiger partial charge on any atom is -0.455 e. The zero-order valence-corrected chi connectivity index (χ0v) is 17.4. The maximum absolute atomic E-state index is 12.1. The third kappa shape index (κ3) is 7.78. The fourth-order valence-electron chi connectivity index (χ4n) is 2.68. The Balaban J connectivity index is 1.79. The molecule has 0 aliphatic carbocycles. The number of amides is 2. The molecule has 154 valence electrons. The first-order chi connectivity index (χ1) is 13.6. The molecule has 6 heteroatoms. The summed E-state index contributed by atoms with van der Waals surface area (Å²) in [6, 6.07) is 17.6. The van der Waals surface area contributed by atoms with Gasteiger partial charge in [-0.2, -0.15) is 0 Å². The van der Waals surface area contributed by atoms with Crippen LogP contribution in [0.15, 0.2) is 54.6 Å². The molecule has 2 aromatic carbocycles. The molecular formula is C23H28N2O4. The van der Waals surface area contributed by atoms with E-state index in [0.717, 1.165) is 16.7 Å². The van der Waals surface area contributed by atoms with Crippen molar-refractivity contribution in [3.05, 3.63) is 60.2 Å². The van der Waals surface area contributed by atoms with Crippen LogP contribution in [0.4, 0.5) is 0 Å². The van der Waals surface area contributed by atoms with Crippen molar-refractivity contribution < 1.29 is 19.1 Å². The predicted octanol–water partition coefficient (Wildman–Crippen LogP) is 2.81. The van der Waals surface area contributed by atoms with Crippen LogP contribution in [0.2, 0.25) is 0 Å². The van der Waals surface area contributed by atoms with Crippen LogP contribution < -0.4 is 5.32 Å². The molecule has 0 fully saturated rings. The molecule has 0 saturated carbocycles. The van der Waals surface area contributed by atoms with Crippen LogP contribution in [0.25, 0.3) is 11.1 Å². The van der Waals surface area contributed by atoms with Gasteiger partial charge in [0.25, 0.3) is 5.91 Å². The zero-order valence-electron chi connectivity index (χ0n) is 17.4. The van der Waals surface area contributed by atoms with Crippen molar-refractivity contribution in [3.8, 4) is 11.1 Å². The summed E-state index contributed by atoms with van der Waals surface area (Å²) < 4.78 is 5.06. The molecule has 2 amide bonds. The first kappa shape index (κ1) is 22.1. The summed E-state index contributed by atoms with van der Waals surface area (Å²) in [7, 11) is 1.50. The number of benzene rings is 2. The van der Waals surface area contributed by atoms with E-state index in [2.05, 4.69) is 5.32 Å². The SMILES string of the molecule is CN(CC(=O)NC(C)(C)C)C(=O)COC(=O)Cc1ccc(-c2ccccc2)cc1. The second-order valence-corrected chi connectivity index (χ2v) is 7.95. The van der Waals surface area contributed by atoms with Crippen LogP contribution in [0, 0.1) is 0 Å². The smallest absolute Gasteiger partial charge is 0.310 e. The van der Waals surface area contributed by atoms with E-state index in [9.17, 15) is 14.4 Å². The fraction of sp³-hybridized carbons (Fsp3) is 0.348. The van der Waals surface area contributed by atoms with Gasteiger partial charge < -0.3 is 15.0 Å². The lowest BCUT2D eigenvalue weighted by Crippen LogP contribution is -2.46. The molecule has 0 atom stereocenters. The summed E-state index contributed by atoms with van der Waals surface area (Å²) >= 11 is 0. The van der Waals surface area contributed by atoms with Gasteiger partial charge in [-0.25, -0.2) is 0 Å². The number of hydrogen-bond donors (Lipinski definition) is 1. The average molecular weight is 396 g/mol. The maximum atomic E-state index is 12.1. The van der Waals surface area contributed by atoms with Crippen molar-refractivity contribution in [2.24, 2.45) is 0 Å². The van der Waals surface area contributed by atoms with Crippen molar-refractivity contribution in [2.45, 2.75) is 32.7 Å². The van der Waals surface area contributed by atoms with E-state index in [-0.39, 0.29) is 31.0 Å². The second-order valence-electron chi connectivity index (χ2n) is 7.95. The van der Waals surface area contributed by atoms with Crippen LogP contribution in [0.1, 0.15) is 26.3 Å². The standard InChI is InChI=1S/C23H28N2O4/c1-23(2,3)24-20(26)15-25(4)21(27)16-29-22(28)14-17-10-12-19(13-11-17)18-8-6-5-7-9-18/h5-13H,14-16H2,1-4H3,(H,24,26). The molecule has 0 heterocycles. The number of nitrogens with zero attached hydrogens (tertiary/aromatic N) is 1. The quantitative estimate of drug-likeness (QED) is 0.730. The molecule has 6 nitrogen and oxygen atoms in total. The Labute approximate surface area is 171 Å². The molecule has 0 saturated heterocycles. The van der Waals surface area contributed by atoms with Crippen LogP contribution in [-0.4, -0.2) is 48.4 Å². The summed E-state index contributed by atoms with van der Waals surface area (Å²) in [6.45, 7) is 5.11. The molecule has 0 spiro atoms. The lowest BCUT2D eigenvalue weighted by atomic mass is 10.0. The number of rotatable bonds is 7. The molecular weight excluding hydrogens is 368 g/mol. The van der Waals surface area contributed by atoms with Gasteiger partial charge in [-0.3, -0.25) is 14.4 Å². The van der Waals surface area contributed by atoms with E-state index in [4.69, 9.17) is 4.74 Å². The molecule has 1 N–H and O–H groups in total. The van der Waals surface area contributed by atoms with Crippen LogP contribution >= 0.6 is 0 Å². The lowest BCUT2D eigenvalue weighted by molar-refractivity contribution is -0.151. The molecule has 29 heavy (non-hydrogen) atoms. The number of esters is 1. The van der Waals surface area contributed by atoms with E-state index in [1.807, 2.05) is 75.4 Å². The number of ether oxygens (including phenoxy) is 1. The number of carbonyl (C=O) groups is 3. The average Bonchev–Trinajstić information content (AvgIpc) is 2.65. The van der Waals surface area contributed by atoms with Gasteiger partial charge in [-0.1, -0.05) is 54.6 Å². The van der Waals surface area contributed by atoms with Crippen molar-refractivity contribution in [3.63, 3.8) is 0 Å². The van der Waals surface area contributed by atoms with Crippen molar-refractivity contribution >= 4 is 17.8 Å². The van der Waals surface area contributed by atoms with Crippen LogP contribution in [-0.2, 0) is 25.5 Å². The third-order valence-corrected chi connectivity index (χ3v) is 4.09. The fourth-order valence-corrected chi connectivity index (χ4v) is 2.68. The predicted molar refractivity (Wildman–Crippen MR) is 112 cm³/mol. The largest absolute Gasteiger partial charge is 0.455 e. The summed E-state index contributed by atoms with van der Waals surface area (Å²) in [5.74, 6) is -1.18. The molecule has 2 aromatic rings. The van der Waals surface area contributed by atoms with Gasteiger partial charge in [0, 0.05) is 12.6 Å². The van der Waals surface area contributed by atoms with Gasteiger partial charge in [0.15, 0.2) is 6.61 Å². The van der Waals surface area contributed by atoms with E-state index < -0.39 is 11.9 Å². The van der Waals surface area contributed by atoms with Crippen molar-refractivity contribution in [1.29, 1.82) is 0 Å². The Kier molecular flexibility index (Phi) is 7.53. The number of carbonyl (C=O) groups excluding carboxylic acids is 3. The summed E-state index contributed by atoms with van der Waals surface area (Å²) in [6.07, 6.45) is 0.0799. The van der Waals surface area contributed by atoms with Crippen LogP contribution in [0.5, 0.6) is 0 Å². The Morgan fingerprint density at radius 3 is 2.10 bits per heavy atom. The van der Waals surface area contributed by atoms with E-state index in [1.165, 1.54) is 11.9 Å². The topological polar surface area (TPSA) is 75.7 Å². The van der Waals surface area contributed by atoms with Gasteiger partial charge in [0.05, 0.1) is 13.0 Å². The van der Waals surface area contributed by atoms with E-state index in [0.29, 0.717) is 0 Å². The molecule has 2 rings (SSSR count). The second kappa shape index (κ2) is 9.87. The minimum absolute atomic E-state index is 0.0799. The Morgan fingerprint density at radius 1 is 0.931 bits per heavy atom. The summed E-state index contributed by atoms with van der Waals surface area (Å²) in [5.41, 5.74) is 2.60. The molecule has 0 aliphatic rings. The highest BCUT2D eigenvalue weighted by Crippen LogP contribution is 2.19. The first-order valence-electron chi connectivity index (χ1n) is 9.49. The van der Waals surface area contributed by atoms with Crippen molar-refractivity contribution in [2.75, 3.05) is 20.2 Å². The van der Waals surface area contributed by atoms with E-state index >= 15 is 0 Å². The van der Waals surface area contributed by atoms with Gasteiger partial charge in [0.1, 0.15) is 0 Å². The van der Waals surface area contributed by atoms with Gasteiger partial charge >= 0.3 is 5.97 Å². The highest BCUT2D eigenvalue weighted by atomic mass is 16.5. The Bertz CT molecular complexity index is 839. The first-order valence-corrected chi connectivity index (χ1v) is 9.49. The normalized spacial score (nSPS) is 10.9. The molecule has 0 unspecified atom stereocenters. The molecule has 0 aromatic heterocycles. The summed E-state index contributed by atoms with van der Waals surface area (Å²) in [4.78, 5) is 37.2. The van der Waals surface area contributed by atoms with Gasteiger partial charge in [-0.15, -0.1) is 0 Å². The van der Waals surface area contributed by atoms with Crippen molar-refractivity contribution in [1.82, 2.24) is 10.2 Å². The highest BCUT2D eigenvalue weighted by molar-refractivity contribution is 5.86.